The first-order valence-electron chi connectivity index (χ1n) is 9.95. The third kappa shape index (κ3) is 5.42. The SMILES string of the molecule is CCc1ccccc1NC(=O)/C(C#N)=C/c1ccccc1OS(=O)(=O)c1ccc(C)cc1. The largest absolute Gasteiger partial charge is 0.378 e. The van der Waals surface area contributed by atoms with Crippen LogP contribution in [0.15, 0.2) is 83.3 Å². The summed E-state index contributed by atoms with van der Waals surface area (Å²) in [7, 11) is -4.09. The first-order valence-corrected chi connectivity index (χ1v) is 11.4. The molecule has 0 fully saturated rings. The summed E-state index contributed by atoms with van der Waals surface area (Å²) in [5, 5.41) is 12.3. The van der Waals surface area contributed by atoms with E-state index in [9.17, 15) is 18.5 Å². The van der Waals surface area contributed by atoms with E-state index in [-0.39, 0.29) is 16.2 Å². The van der Waals surface area contributed by atoms with Crippen molar-refractivity contribution >= 4 is 27.8 Å². The number of nitriles is 1. The summed E-state index contributed by atoms with van der Waals surface area (Å²) >= 11 is 0. The topological polar surface area (TPSA) is 96.3 Å². The number of hydrogen-bond donors (Lipinski definition) is 1. The highest BCUT2D eigenvalue weighted by Crippen LogP contribution is 2.26. The van der Waals surface area contributed by atoms with Crippen LogP contribution < -0.4 is 9.50 Å². The molecular formula is C25H22N2O4S. The Morgan fingerprint density at radius 1 is 1.03 bits per heavy atom. The molecule has 0 aliphatic heterocycles. The standard InChI is InChI=1S/C25H22N2O4S/c1-3-19-8-4-6-10-23(19)27-25(28)21(17-26)16-20-9-5-7-11-24(20)31-32(29,30)22-14-12-18(2)13-15-22/h4-16H,3H2,1-2H3,(H,27,28)/b21-16+. The second kappa shape index (κ2) is 9.94. The lowest BCUT2D eigenvalue weighted by atomic mass is 10.1. The minimum Gasteiger partial charge on any atom is -0.378 e. The lowest BCUT2D eigenvalue weighted by Gasteiger charge is -2.11. The van der Waals surface area contributed by atoms with E-state index in [0.717, 1.165) is 17.5 Å². The van der Waals surface area contributed by atoms with Crippen molar-refractivity contribution in [3.63, 3.8) is 0 Å². The Bertz CT molecular complexity index is 1300. The molecule has 0 saturated heterocycles. The Kier molecular flexibility index (Phi) is 7.08. The molecule has 0 heterocycles. The van der Waals surface area contributed by atoms with Crippen LogP contribution in [0.4, 0.5) is 5.69 Å². The normalized spacial score (nSPS) is 11.5. The smallest absolute Gasteiger partial charge is 0.339 e. The molecule has 0 radical (unpaired) electrons. The third-order valence-electron chi connectivity index (χ3n) is 4.74. The maximum absolute atomic E-state index is 12.7. The number of carbonyl (C=O) groups excluding carboxylic acids is 1. The molecule has 6 nitrogen and oxygen atoms in total. The van der Waals surface area contributed by atoms with Crippen molar-refractivity contribution in [2.24, 2.45) is 0 Å². The molecule has 3 aromatic rings. The van der Waals surface area contributed by atoms with Gasteiger partial charge in [0.15, 0.2) is 0 Å². The molecule has 0 unspecified atom stereocenters. The van der Waals surface area contributed by atoms with Gasteiger partial charge in [-0.3, -0.25) is 4.79 Å². The lowest BCUT2D eigenvalue weighted by molar-refractivity contribution is -0.112. The molecule has 0 spiro atoms. The number of benzene rings is 3. The Hall–Kier alpha value is -3.89. The van der Waals surface area contributed by atoms with Gasteiger partial charge in [0.1, 0.15) is 22.3 Å². The van der Waals surface area contributed by atoms with E-state index in [1.807, 2.05) is 32.0 Å². The number of rotatable bonds is 7. The second-order valence-corrected chi connectivity index (χ2v) is 8.57. The van der Waals surface area contributed by atoms with Gasteiger partial charge in [0.25, 0.3) is 5.91 Å². The van der Waals surface area contributed by atoms with Gasteiger partial charge in [0.05, 0.1) is 0 Å². The Labute approximate surface area is 187 Å². The Morgan fingerprint density at radius 2 is 1.69 bits per heavy atom. The van der Waals surface area contributed by atoms with Crippen LogP contribution in [0, 0.1) is 18.3 Å². The number of nitrogens with zero attached hydrogens (tertiary/aromatic N) is 1. The van der Waals surface area contributed by atoms with Crippen molar-refractivity contribution in [2.75, 3.05) is 5.32 Å². The fourth-order valence-electron chi connectivity index (χ4n) is 2.99. The number of anilines is 1. The fourth-order valence-corrected chi connectivity index (χ4v) is 3.95. The fraction of sp³-hybridized carbons (Fsp3) is 0.120. The molecule has 0 aliphatic rings. The minimum atomic E-state index is -4.09. The average molecular weight is 447 g/mol. The van der Waals surface area contributed by atoms with E-state index >= 15 is 0 Å². The number of carbonyl (C=O) groups is 1. The molecule has 0 atom stereocenters. The number of aryl methyl sites for hydroxylation is 2. The zero-order valence-corrected chi connectivity index (χ0v) is 18.5. The second-order valence-electron chi connectivity index (χ2n) is 7.02. The van der Waals surface area contributed by atoms with Crippen molar-refractivity contribution in [2.45, 2.75) is 25.2 Å². The molecular weight excluding hydrogens is 424 g/mol. The highest BCUT2D eigenvalue weighted by atomic mass is 32.2. The van der Waals surface area contributed by atoms with E-state index in [2.05, 4.69) is 5.32 Å². The van der Waals surface area contributed by atoms with Crippen molar-refractivity contribution in [3.05, 3.63) is 95.1 Å². The summed E-state index contributed by atoms with van der Waals surface area (Å²) in [6.07, 6.45) is 2.03. The summed E-state index contributed by atoms with van der Waals surface area (Å²) in [6, 6.07) is 21.8. The lowest BCUT2D eigenvalue weighted by Crippen LogP contribution is -2.15. The molecule has 0 aliphatic carbocycles. The summed E-state index contributed by atoms with van der Waals surface area (Å²) < 4.78 is 30.7. The van der Waals surface area contributed by atoms with Crippen molar-refractivity contribution in [1.29, 1.82) is 5.26 Å². The van der Waals surface area contributed by atoms with Crippen molar-refractivity contribution < 1.29 is 17.4 Å². The third-order valence-corrected chi connectivity index (χ3v) is 5.99. The van der Waals surface area contributed by atoms with Gasteiger partial charge in [-0.25, -0.2) is 0 Å². The first kappa shape index (κ1) is 22.8. The molecule has 0 saturated carbocycles. The maximum atomic E-state index is 12.7. The molecule has 32 heavy (non-hydrogen) atoms. The Balaban J connectivity index is 1.90. The predicted molar refractivity (Wildman–Crippen MR) is 123 cm³/mol. The quantitative estimate of drug-likeness (QED) is 0.317. The van der Waals surface area contributed by atoms with E-state index in [1.54, 1.807) is 42.5 Å². The predicted octanol–water partition coefficient (Wildman–Crippen LogP) is 4.87. The van der Waals surface area contributed by atoms with Crippen LogP contribution in [0.25, 0.3) is 6.08 Å². The first-order chi connectivity index (χ1) is 15.3. The van der Waals surface area contributed by atoms with Crippen LogP contribution in [0.5, 0.6) is 5.75 Å². The maximum Gasteiger partial charge on any atom is 0.339 e. The van der Waals surface area contributed by atoms with Gasteiger partial charge in [-0.15, -0.1) is 0 Å². The monoisotopic (exact) mass is 446 g/mol. The average Bonchev–Trinajstić information content (AvgIpc) is 2.78. The molecule has 7 heteroatoms. The van der Waals surface area contributed by atoms with Crippen LogP contribution in [0.1, 0.15) is 23.6 Å². The summed E-state index contributed by atoms with van der Waals surface area (Å²) in [6.45, 7) is 3.82. The molecule has 0 aromatic heterocycles. The molecule has 3 aromatic carbocycles. The molecule has 1 N–H and O–H groups in total. The van der Waals surface area contributed by atoms with Gasteiger partial charge in [0, 0.05) is 11.3 Å². The summed E-state index contributed by atoms with van der Waals surface area (Å²) in [4.78, 5) is 12.7. The highest BCUT2D eigenvalue weighted by Gasteiger charge is 2.19. The molecule has 1 amide bonds. The molecule has 3 rings (SSSR count). The van der Waals surface area contributed by atoms with Crippen LogP contribution >= 0.6 is 0 Å². The van der Waals surface area contributed by atoms with Gasteiger partial charge in [0.2, 0.25) is 0 Å². The molecule has 0 bridgehead atoms. The molecule has 162 valence electrons. The minimum absolute atomic E-state index is 0.0105. The zero-order valence-electron chi connectivity index (χ0n) is 17.7. The Morgan fingerprint density at radius 3 is 2.38 bits per heavy atom. The van der Waals surface area contributed by atoms with Crippen molar-refractivity contribution in [1.82, 2.24) is 0 Å². The van der Waals surface area contributed by atoms with Crippen LogP contribution in [-0.4, -0.2) is 14.3 Å². The van der Waals surface area contributed by atoms with Crippen LogP contribution in [0.2, 0.25) is 0 Å². The van der Waals surface area contributed by atoms with Crippen LogP contribution in [-0.2, 0) is 21.3 Å². The van der Waals surface area contributed by atoms with E-state index in [0.29, 0.717) is 11.3 Å². The van der Waals surface area contributed by atoms with Gasteiger partial charge in [-0.1, -0.05) is 61.0 Å². The summed E-state index contributed by atoms with van der Waals surface area (Å²) in [5.41, 5.74) is 2.58. The zero-order chi connectivity index (χ0) is 23.1. The van der Waals surface area contributed by atoms with E-state index in [1.165, 1.54) is 24.3 Å². The number of amides is 1. The van der Waals surface area contributed by atoms with Gasteiger partial charge in [-0.2, -0.15) is 13.7 Å². The van der Waals surface area contributed by atoms with E-state index < -0.39 is 16.0 Å². The van der Waals surface area contributed by atoms with Crippen molar-refractivity contribution in [3.8, 4) is 11.8 Å². The number of nitrogens with one attached hydrogen (secondary N) is 1. The van der Waals surface area contributed by atoms with E-state index in [4.69, 9.17) is 4.18 Å². The highest BCUT2D eigenvalue weighted by molar-refractivity contribution is 7.87. The summed E-state index contributed by atoms with van der Waals surface area (Å²) in [5.74, 6) is -0.577. The van der Waals surface area contributed by atoms with Crippen LogP contribution in [0.3, 0.4) is 0 Å². The van der Waals surface area contributed by atoms with Gasteiger partial charge >= 0.3 is 10.1 Å². The van der Waals surface area contributed by atoms with Gasteiger partial charge in [-0.05, 0) is 49.2 Å². The number of para-hydroxylation sites is 2. The van der Waals surface area contributed by atoms with Gasteiger partial charge < -0.3 is 9.50 Å². The number of hydrogen-bond acceptors (Lipinski definition) is 5.